The lowest BCUT2D eigenvalue weighted by Gasteiger charge is -2.63. The Morgan fingerprint density at radius 3 is 1.58 bits per heavy atom. The van der Waals surface area contributed by atoms with Gasteiger partial charge in [-0.15, -0.1) is 0 Å². The lowest BCUT2D eigenvalue weighted by molar-refractivity contribution is -0.397. The van der Waals surface area contributed by atoms with Crippen molar-refractivity contribution < 1.29 is 172 Å². The third-order valence-corrected chi connectivity index (χ3v) is 25.5. The Balaban J connectivity index is 0.844. The molecule has 11 rings (SSSR count). The number of methoxy groups -OCH3 is 2. The molecule has 1 unspecified atom stereocenters. The second kappa shape index (κ2) is 32.8. The van der Waals surface area contributed by atoms with E-state index in [4.69, 9.17) is 80.5 Å². The minimum Gasteiger partial charge on any atom is -0.462 e. The molecule has 1 spiro atoms. The molecule has 39 atom stereocenters. The highest BCUT2D eigenvalue weighted by Crippen LogP contribution is 2.77. The quantitative estimate of drug-likeness (QED) is 0.0190. The van der Waals surface area contributed by atoms with Crippen molar-refractivity contribution in [2.24, 2.45) is 45.3 Å². The fourth-order valence-corrected chi connectivity index (χ4v) is 20.0. The van der Waals surface area contributed by atoms with Crippen LogP contribution in [0.2, 0.25) is 0 Å². The van der Waals surface area contributed by atoms with Crippen molar-refractivity contribution in [2.75, 3.05) is 47.3 Å². The van der Waals surface area contributed by atoms with Gasteiger partial charge in [-0.1, -0.05) is 53.2 Å². The number of cyclic esters (lactones) is 1. The number of allylic oxidation sites excluding steroid dienone is 2. The van der Waals surface area contributed by atoms with E-state index in [1.165, 1.54) is 35.0 Å². The van der Waals surface area contributed by atoms with Gasteiger partial charge in [0.25, 0.3) is 0 Å². The zero-order valence-corrected chi connectivity index (χ0v) is 61.9. The van der Waals surface area contributed by atoms with Crippen molar-refractivity contribution in [2.45, 2.75) is 323 Å². The Morgan fingerprint density at radius 1 is 0.538 bits per heavy atom. The van der Waals surface area contributed by atoms with Crippen LogP contribution < -0.4 is 0 Å². The summed E-state index contributed by atoms with van der Waals surface area (Å²) in [5.74, 6) is -2.23. The molecule has 106 heavy (non-hydrogen) atoms. The molecular weight excluding hydrogens is 1410 g/mol. The van der Waals surface area contributed by atoms with Gasteiger partial charge in [0.2, 0.25) is 0 Å². The number of fused-ring (bicyclic) bond motifs is 4. The maximum atomic E-state index is 15.2. The predicted octanol–water partition coefficient (Wildman–Crippen LogP) is -3.92. The number of esters is 3. The van der Waals surface area contributed by atoms with Crippen molar-refractivity contribution in [1.29, 1.82) is 0 Å². The Bertz CT molecular complexity index is 3020. The van der Waals surface area contributed by atoms with Gasteiger partial charge in [0.1, 0.15) is 146 Å². The van der Waals surface area contributed by atoms with Crippen molar-refractivity contribution in [3.8, 4) is 0 Å². The molecule has 0 aromatic heterocycles. The van der Waals surface area contributed by atoms with Gasteiger partial charge in [0.15, 0.2) is 43.3 Å². The highest BCUT2D eigenvalue weighted by atomic mass is 16.8. The van der Waals surface area contributed by atoms with Gasteiger partial charge in [-0.3, -0.25) is 14.4 Å². The Kier molecular flexibility index (Phi) is 26.0. The van der Waals surface area contributed by atoms with Gasteiger partial charge in [-0.05, 0) is 99.2 Å². The summed E-state index contributed by atoms with van der Waals surface area (Å²) in [5.41, 5.74) is -3.43. The van der Waals surface area contributed by atoms with Crippen LogP contribution in [0.1, 0.15) is 121 Å². The van der Waals surface area contributed by atoms with Gasteiger partial charge in [-0.25, -0.2) is 0 Å². The summed E-state index contributed by atoms with van der Waals surface area (Å²) in [6.07, 6.45) is -45.8. The number of carbonyl (C=O) groups is 3. The maximum Gasteiger partial charge on any atom is 0.314 e. The molecule has 15 N–H and O–H groups in total. The Hall–Kier alpha value is -3.01. The van der Waals surface area contributed by atoms with Crippen molar-refractivity contribution in [3.63, 3.8) is 0 Å². The van der Waals surface area contributed by atoms with Crippen molar-refractivity contribution in [1.82, 2.24) is 0 Å². The largest absolute Gasteiger partial charge is 0.462 e. The summed E-state index contributed by atoms with van der Waals surface area (Å²) >= 11 is 0. The normalized spacial score (nSPS) is 50.4. The van der Waals surface area contributed by atoms with E-state index in [1.807, 2.05) is 6.92 Å². The first-order chi connectivity index (χ1) is 50.0. The minimum absolute atomic E-state index is 0.126. The Labute approximate surface area is 614 Å². The van der Waals surface area contributed by atoms with E-state index in [0.717, 1.165) is 5.57 Å². The molecular formula is C71H114O35. The maximum absolute atomic E-state index is 15.2. The third kappa shape index (κ3) is 14.8. The molecule has 35 nitrogen and oxygen atoms in total. The van der Waals surface area contributed by atoms with E-state index < -0.39 is 281 Å². The number of hydrogen-bond acceptors (Lipinski definition) is 35. The molecule has 0 bridgehead atoms. The lowest BCUT2D eigenvalue weighted by Crippen LogP contribution is -2.67. The molecule has 0 radical (unpaired) electrons. The molecule has 4 aliphatic carbocycles. The zero-order valence-electron chi connectivity index (χ0n) is 61.9. The SMILES string of the molecule is CO[C@@H]1[C@@H](O)[C@H](O[C@@H]2[C@@H](O)[C@H](O[C@H]3[C@H](O)[C@@H](O)[C@H](O[C@H]4[C@H](O[C@H]5CC[C@]6(C)C7=CCC89C(=O)O[C@@](C)([C@@H](CCC(C)C)OC(C)=O)[C@H]8[C@@H](OC(C)=O)C[C@@]9(C)[C@@H]7CC[C@H]6C5(C)C)OC[C@@H](O[C@@H]5O[C@H](CO)[C@@H](O[C@@H]6O[C@H](CO)[C@@H](O)[C@H](OC)[C@H]6O)[C@H](O)[C@H]5O)[C@@H]4O)O[C@@H]3C)O[C@H](CO)[C@H]2O)O[C@H](CO)[C@H]1O. The molecule has 0 aromatic rings. The van der Waals surface area contributed by atoms with E-state index in [-0.39, 0.29) is 24.2 Å². The second-order valence-corrected chi connectivity index (χ2v) is 32.5. The average molecular weight is 1530 g/mol. The molecule has 35 heteroatoms. The fourth-order valence-electron chi connectivity index (χ4n) is 20.0. The van der Waals surface area contributed by atoms with E-state index in [9.17, 15) is 86.2 Å². The molecule has 0 aromatic carbocycles. The standard InChI is InChI=1S/C71H114O35/c1-27(2)13-16-41(95-30(5)77)70(10)59-33(94-29(4)76)21-69(9)32-14-15-39-67(6,7)40(18-19-68(39,8)31(32)17-20-71(59,69)66(89)106-70)101-65-58(45(81)38(26-92-65)100-61-49(85)47(83)54(37(25-75)99-61)103-62-50(86)55(90-11)42(78)34(22-72)96-62)105-60-48(84)46(82)53(28(3)93-60)102-64-52(88)57(44(80)36(24-74)98-64)104-63-51(87)56(91-12)43(79)35(23-73)97-63/h17,27-28,32-65,72-75,78-88H,13-16,18-26H2,1-12H3/t28-,32-,33+,34-,35-,36-,37-,38-,39+,40+,41-,42-,43-,44-,45+,46-,47-,48-,49-,50-,51-,52-,53-,54-,55+,56+,57+,58-,59-,60+,61+,62+,63+,64+,65+,68-,69+,70+,71?/m1/s1. The number of hydrogen-bond donors (Lipinski definition) is 15. The van der Waals surface area contributed by atoms with E-state index in [1.54, 1.807) is 0 Å². The molecule has 608 valence electrons. The van der Waals surface area contributed by atoms with Crippen LogP contribution in [0.3, 0.4) is 0 Å². The number of ether oxygens (including phenoxy) is 17. The molecule has 7 aliphatic heterocycles. The van der Waals surface area contributed by atoms with Crippen molar-refractivity contribution in [3.05, 3.63) is 11.6 Å². The second-order valence-electron chi connectivity index (χ2n) is 32.5. The van der Waals surface area contributed by atoms with Crippen LogP contribution >= 0.6 is 0 Å². The molecule has 3 saturated carbocycles. The van der Waals surface area contributed by atoms with Crippen LogP contribution in [-0.2, 0) is 94.9 Å². The first-order valence-corrected chi connectivity index (χ1v) is 37.0. The van der Waals surface area contributed by atoms with Gasteiger partial charge in [0, 0.05) is 28.1 Å². The van der Waals surface area contributed by atoms with Crippen LogP contribution in [-0.4, -0.2) is 344 Å². The first kappa shape index (κ1) is 83.9. The van der Waals surface area contributed by atoms with Crippen LogP contribution in [0.4, 0.5) is 0 Å². The van der Waals surface area contributed by atoms with Crippen molar-refractivity contribution >= 4 is 17.9 Å². The first-order valence-electron chi connectivity index (χ1n) is 37.0. The number of carbonyl (C=O) groups excluding carboxylic acids is 3. The van der Waals surface area contributed by atoms with Gasteiger partial charge >= 0.3 is 17.9 Å². The summed E-state index contributed by atoms with van der Waals surface area (Å²) < 4.78 is 103. The monoisotopic (exact) mass is 1530 g/mol. The van der Waals surface area contributed by atoms with Crippen LogP contribution in [0.15, 0.2) is 11.6 Å². The molecule has 11 aliphatic rings. The van der Waals surface area contributed by atoms with E-state index >= 15 is 4.79 Å². The molecule has 0 amide bonds. The van der Waals surface area contributed by atoms with E-state index in [0.29, 0.717) is 44.9 Å². The van der Waals surface area contributed by atoms with Crippen LogP contribution in [0.25, 0.3) is 0 Å². The third-order valence-electron chi connectivity index (χ3n) is 25.5. The number of aliphatic hydroxyl groups excluding tert-OH is 15. The molecule has 7 heterocycles. The zero-order chi connectivity index (χ0) is 77.5. The topological polar surface area (TPSA) is 512 Å². The van der Waals surface area contributed by atoms with Crippen LogP contribution in [0.5, 0.6) is 0 Å². The smallest absolute Gasteiger partial charge is 0.314 e. The molecule has 7 saturated heterocycles. The summed E-state index contributed by atoms with van der Waals surface area (Å²) in [7, 11) is 2.36. The van der Waals surface area contributed by atoms with Gasteiger partial charge < -0.3 is 157 Å². The minimum atomic E-state index is -2.10. The molecule has 10 fully saturated rings. The number of aliphatic hydroxyl groups is 15. The fraction of sp³-hybridized carbons (Fsp3) is 0.930. The van der Waals surface area contributed by atoms with Crippen LogP contribution in [0, 0.1) is 45.3 Å². The highest BCUT2D eigenvalue weighted by molar-refractivity contribution is 5.84. The van der Waals surface area contributed by atoms with Gasteiger partial charge in [-0.2, -0.15) is 0 Å². The lowest BCUT2D eigenvalue weighted by atomic mass is 9.41. The van der Waals surface area contributed by atoms with Gasteiger partial charge in [0.05, 0.1) is 56.6 Å². The highest BCUT2D eigenvalue weighted by Gasteiger charge is 2.81. The summed E-state index contributed by atoms with van der Waals surface area (Å²) in [5, 5.41) is 168. The summed E-state index contributed by atoms with van der Waals surface area (Å²) in [6, 6.07) is 0. The predicted molar refractivity (Wildman–Crippen MR) is 352 cm³/mol. The Morgan fingerprint density at radius 2 is 1.04 bits per heavy atom. The summed E-state index contributed by atoms with van der Waals surface area (Å²) in [4.78, 5) is 41.1. The summed E-state index contributed by atoms with van der Waals surface area (Å²) in [6.45, 7) is 14.6. The van der Waals surface area contributed by atoms with E-state index in [2.05, 4.69) is 47.6 Å². The number of rotatable bonds is 24. The average Bonchev–Trinajstić information content (AvgIpc) is 1.44.